The van der Waals surface area contributed by atoms with Crippen molar-refractivity contribution in [2.45, 2.75) is 96.8 Å². The van der Waals surface area contributed by atoms with Gasteiger partial charge in [0, 0.05) is 0 Å². The fourth-order valence-electron chi connectivity index (χ4n) is 4.05. The maximum atomic E-state index is 2.63. The summed E-state index contributed by atoms with van der Waals surface area (Å²) in [4.78, 5) is 0. The fraction of sp³-hybridized carbons (Fsp3) is 0.895. The van der Waals surface area contributed by atoms with Crippen LogP contribution in [-0.2, 0) is 0 Å². The summed E-state index contributed by atoms with van der Waals surface area (Å²) in [5, 5.41) is 0. The van der Waals surface area contributed by atoms with Crippen molar-refractivity contribution < 1.29 is 0 Å². The molecule has 110 valence electrons. The van der Waals surface area contributed by atoms with E-state index >= 15 is 0 Å². The molecule has 0 saturated heterocycles. The lowest BCUT2D eigenvalue weighted by atomic mass is 9.93. The summed E-state index contributed by atoms with van der Waals surface area (Å²) in [6, 6.07) is 0. The largest absolute Gasteiger partial charge is 0.0819 e. The molecular weight excluding hydrogens is 228 g/mol. The zero-order chi connectivity index (χ0) is 13.3. The molecule has 0 nitrogen and oxygen atoms in total. The molecule has 2 bridgehead atoms. The van der Waals surface area contributed by atoms with Gasteiger partial charge in [0.1, 0.15) is 0 Å². The highest BCUT2D eigenvalue weighted by atomic mass is 14.4. The Morgan fingerprint density at radius 3 is 2.00 bits per heavy atom. The maximum absolute atomic E-state index is 2.63. The summed E-state index contributed by atoms with van der Waals surface area (Å²) >= 11 is 0. The molecule has 0 heteroatoms. The van der Waals surface area contributed by atoms with Crippen LogP contribution in [0.1, 0.15) is 96.8 Å². The van der Waals surface area contributed by atoms with Gasteiger partial charge in [-0.2, -0.15) is 0 Å². The van der Waals surface area contributed by atoms with Gasteiger partial charge in [0.2, 0.25) is 0 Å². The Kier molecular flexibility index (Phi) is 7.03. The van der Waals surface area contributed by atoms with Gasteiger partial charge in [0.15, 0.2) is 0 Å². The summed E-state index contributed by atoms with van der Waals surface area (Å²) in [5.41, 5.74) is 1.84. The Morgan fingerprint density at radius 2 is 1.47 bits per heavy atom. The molecule has 2 atom stereocenters. The molecule has 0 aromatic heterocycles. The first-order valence-corrected chi connectivity index (χ1v) is 9.10. The van der Waals surface area contributed by atoms with Gasteiger partial charge in [-0.25, -0.2) is 0 Å². The summed E-state index contributed by atoms with van der Waals surface area (Å²) in [7, 11) is 0. The summed E-state index contributed by atoms with van der Waals surface area (Å²) in [6.45, 7) is 2.30. The van der Waals surface area contributed by atoms with Crippen LogP contribution in [0.5, 0.6) is 0 Å². The van der Waals surface area contributed by atoms with E-state index < -0.39 is 0 Å². The van der Waals surface area contributed by atoms with Gasteiger partial charge in [-0.3, -0.25) is 0 Å². The number of hydrogen-bond acceptors (Lipinski definition) is 0. The Bertz CT molecular complexity index is 263. The molecule has 1 fully saturated rings. The van der Waals surface area contributed by atoms with Crippen LogP contribution in [0.4, 0.5) is 0 Å². The van der Waals surface area contributed by atoms with Crippen molar-refractivity contribution in [2.24, 2.45) is 11.8 Å². The third kappa shape index (κ3) is 5.32. The second-order valence-electron chi connectivity index (χ2n) is 6.94. The molecule has 0 spiro atoms. The quantitative estimate of drug-likeness (QED) is 0.289. The minimum atomic E-state index is 0.989. The number of fused-ring (bicyclic) bond motifs is 2. The van der Waals surface area contributed by atoms with Crippen LogP contribution in [0.2, 0.25) is 0 Å². The van der Waals surface area contributed by atoms with Gasteiger partial charge in [-0.05, 0) is 43.9 Å². The first kappa shape index (κ1) is 15.1. The average molecular weight is 262 g/mol. The molecular formula is C19H34. The maximum Gasteiger partial charge on any atom is -0.0197 e. The van der Waals surface area contributed by atoms with Crippen LogP contribution >= 0.6 is 0 Å². The van der Waals surface area contributed by atoms with E-state index in [9.17, 15) is 0 Å². The molecule has 2 rings (SSSR count). The number of hydrogen-bond donors (Lipinski definition) is 0. The standard InChI is InChI=1S/C19H34/c1-2-3-4-5-6-7-8-9-10-11-12-18-15-17-13-14-19(18)16-17/h15,17,19H,2-14,16H2,1H3. The summed E-state index contributed by atoms with van der Waals surface area (Å²) in [6.07, 6.45) is 23.2. The first-order chi connectivity index (χ1) is 9.40. The van der Waals surface area contributed by atoms with E-state index in [0.717, 1.165) is 11.8 Å². The van der Waals surface area contributed by atoms with Gasteiger partial charge in [0.05, 0.1) is 0 Å². The van der Waals surface area contributed by atoms with E-state index in [1.807, 2.05) is 5.57 Å². The van der Waals surface area contributed by atoms with Gasteiger partial charge in [-0.15, -0.1) is 0 Å². The van der Waals surface area contributed by atoms with Crippen molar-refractivity contribution in [3.05, 3.63) is 11.6 Å². The van der Waals surface area contributed by atoms with Crippen molar-refractivity contribution >= 4 is 0 Å². The monoisotopic (exact) mass is 262 g/mol. The minimum Gasteiger partial charge on any atom is -0.0819 e. The van der Waals surface area contributed by atoms with Crippen molar-refractivity contribution in [2.75, 3.05) is 0 Å². The molecule has 0 aromatic rings. The van der Waals surface area contributed by atoms with E-state index in [1.54, 1.807) is 0 Å². The third-order valence-corrected chi connectivity index (χ3v) is 5.27. The summed E-state index contributed by atoms with van der Waals surface area (Å²) < 4.78 is 0. The number of unbranched alkanes of at least 4 members (excludes halogenated alkanes) is 9. The molecule has 0 radical (unpaired) electrons. The first-order valence-electron chi connectivity index (χ1n) is 9.10. The van der Waals surface area contributed by atoms with Crippen molar-refractivity contribution in [3.63, 3.8) is 0 Å². The fourth-order valence-corrected chi connectivity index (χ4v) is 4.05. The van der Waals surface area contributed by atoms with Crippen LogP contribution < -0.4 is 0 Å². The highest BCUT2D eigenvalue weighted by Crippen LogP contribution is 2.45. The van der Waals surface area contributed by atoms with E-state index in [2.05, 4.69) is 13.0 Å². The lowest BCUT2D eigenvalue weighted by molar-refractivity contribution is 0.545. The van der Waals surface area contributed by atoms with E-state index in [4.69, 9.17) is 0 Å². The lowest BCUT2D eigenvalue weighted by Crippen LogP contribution is -1.97. The average Bonchev–Trinajstić information content (AvgIpc) is 3.03. The number of rotatable bonds is 11. The number of allylic oxidation sites excluding steroid dienone is 2. The SMILES string of the molecule is CCCCCCCCCCCCC1=CC2CCC1C2. The molecule has 19 heavy (non-hydrogen) atoms. The predicted molar refractivity (Wildman–Crippen MR) is 85.4 cm³/mol. The lowest BCUT2D eigenvalue weighted by Gasteiger charge is -2.12. The Labute approximate surface area is 121 Å². The van der Waals surface area contributed by atoms with Crippen molar-refractivity contribution in [1.29, 1.82) is 0 Å². The van der Waals surface area contributed by atoms with Gasteiger partial charge >= 0.3 is 0 Å². The predicted octanol–water partition coefficient (Wildman–Crippen LogP) is 6.65. The van der Waals surface area contributed by atoms with E-state index in [1.165, 1.54) is 89.9 Å². The smallest absolute Gasteiger partial charge is 0.0197 e. The van der Waals surface area contributed by atoms with Gasteiger partial charge < -0.3 is 0 Å². The van der Waals surface area contributed by atoms with E-state index in [-0.39, 0.29) is 0 Å². The normalized spacial score (nSPS) is 25.0. The van der Waals surface area contributed by atoms with Crippen LogP contribution in [0.3, 0.4) is 0 Å². The molecule has 2 aliphatic carbocycles. The Balaban J connectivity index is 1.36. The molecule has 2 aliphatic rings. The Hall–Kier alpha value is -0.260. The third-order valence-electron chi connectivity index (χ3n) is 5.27. The van der Waals surface area contributed by atoms with Crippen LogP contribution in [-0.4, -0.2) is 0 Å². The zero-order valence-electron chi connectivity index (χ0n) is 13.1. The molecule has 1 saturated carbocycles. The van der Waals surface area contributed by atoms with Crippen LogP contribution in [0.25, 0.3) is 0 Å². The van der Waals surface area contributed by atoms with Crippen molar-refractivity contribution in [3.8, 4) is 0 Å². The molecule has 2 unspecified atom stereocenters. The molecule has 0 aliphatic heterocycles. The molecule has 0 amide bonds. The molecule has 0 heterocycles. The molecule has 0 aromatic carbocycles. The topological polar surface area (TPSA) is 0 Å². The molecule has 0 N–H and O–H groups in total. The zero-order valence-corrected chi connectivity index (χ0v) is 13.1. The second kappa shape index (κ2) is 8.82. The van der Waals surface area contributed by atoms with E-state index in [0.29, 0.717) is 0 Å². The van der Waals surface area contributed by atoms with Crippen LogP contribution in [0.15, 0.2) is 11.6 Å². The Morgan fingerprint density at radius 1 is 0.842 bits per heavy atom. The second-order valence-corrected chi connectivity index (χ2v) is 6.94. The van der Waals surface area contributed by atoms with Crippen LogP contribution in [0, 0.1) is 11.8 Å². The summed E-state index contributed by atoms with van der Waals surface area (Å²) in [5.74, 6) is 2.01. The highest BCUT2D eigenvalue weighted by molar-refractivity contribution is 5.19. The van der Waals surface area contributed by atoms with Crippen molar-refractivity contribution in [1.82, 2.24) is 0 Å². The van der Waals surface area contributed by atoms with Gasteiger partial charge in [-0.1, -0.05) is 76.4 Å². The van der Waals surface area contributed by atoms with Gasteiger partial charge in [0.25, 0.3) is 0 Å². The minimum absolute atomic E-state index is 0.989. The highest BCUT2D eigenvalue weighted by Gasteiger charge is 2.31.